The highest BCUT2D eigenvalue weighted by molar-refractivity contribution is 5.61. The van der Waals surface area contributed by atoms with Crippen LogP contribution in [0.25, 0.3) is 11.1 Å². The predicted octanol–water partition coefficient (Wildman–Crippen LogP) is 3.88. The van der Waals surface area contributed by atoms with E-state index in [1.54, 1.807) is 52.1 Å². The standard InChI is InChI=1S/C22H16N4O2/c23-13-17-8-10-19(11-9-17)28-21-14-24-15-26(21)16-25-12-4-7-20(22(25)27)18-5-2-1-3-6-18/h1-12,14-15H,16H2. The third-order valence-electron chi connectivity index (χ3n) is 4.29. The van der Waals surface area contributed by atoms with E-state index in [1.165, 1.54) is 0 Å². The minimum absolute atomic E-state index is 0.0910. The lowest BCUT2D eigenvalue weighted by Gasteiger charge is -2.12. The molecule has 0 amide bonds. The number of nitrogens with zero attached hydrogens (tertiary/aromatic N) is 4. The Morgan fingerprint density at radius 1 is 0.964 bits per heavy atom. The molecule has 28 heavy (non-hydrogen) atoms. The highest BCUT2D eigenvalue weighted by atomic mass is 16.5. The maximum Gasteiger partial charge on any atom is 0.259 e. The zero-order valence-corrected chi connectivity index (χ0v) is 14.9. The molecule has 0 aliphatic carbocycles. The molecule has 2 aromatic carbocycles. The van der Waals surface area contributed by atoms with Crippen molar-refractivity contribution >= 4 is 0 Å². The van der Waals surface area contributed by atoms with Crippen LogP contribution in [-0.2, 0) is 6.67 Å². The fourth-order valence-electron chi connectivity index (χ4n) is 2.87. The van der Waals surface area contributed by atoms with Crippen LogP contribution in [-0.4, -0.2) is 14.1 Å². The molecule has 0 bridgehead atoms. The molecule has 0 radical (unpaired) electrons. The van der Waals surface area contributed by atoms with Crippen LogP contribution in [0.2, 0.25) is 0 Å². The molecular formula is C22H16N4O2. The van der Waals surface area contributed by atoms with Crippen molar-refractivity contribution in [3.63, 3.8) is 0 Å². The van der Waals surface area contributed by atoms with Gasteiger partial charge in [-0.15, -0.1) is 0 Å². The second kappa shape index (κ2) is 7.64. The van der Waals surface area contributed by atoms with Gasteiger partial charge in [0.15, 0.2) is 0 Å². The van der Waals surface area contributed by atoms with Gasteiger partial charge in [0.25, 0.3) is 5.56 Å². The summed E-state index contributed by atoms with van der Waals surface area (Å²) >= 11 is 0. The summed E-state index contributed by atoms with van der Waals surface area (Å²) in [4.78, 5) is 17.0. The number of hydrogen-bond donors (Lipinski definition) is 0. The van der Waals surface area contributed by atoms with Gasteiger partial charge in [0.2, 0.25) is 5.88 Å². The Morgan fingerprint density at radius 3 is 2.50 bits per heavy atom. The zero-order chi connectivity index (χ0) is 19.3. The maximum atomic E-state index is 12.9. The molecule has 6 nitrogen and oxygen atoms in total. The molecule has 0 unspecified atom stereocenters. The molecule has 6 heteroatoms. The summed E-state index contributed by atoms with van der Waals surface area (Å²) < 4.78 is 9.20. The lowest BCUT2D eigenvalue weighted by molar-refractivity contribution is 0.416. The van der Waals surface area contributed by atoms with Gasteiger partial charge >= 0.3 is 0 Å². The van der Waals surface area contributed by atoms with E-state index in [1.807, 2.05) is 42.5 Å². The number of aromatic nitrogens is 3. The number of benzene rings is 2. The zero-order valence-electron chi connectivity index (χ0n) is 14.9. The van der Waals surface area contributed by atoms with Crippen molar-refractivity contribution in [2.75, 3.05) is 0 Å². The summed E-state index contributed by atoms with van der Waals surface area (Å²) in [5, 5.41) is 8.89. The van der Waals surface area contributed by atoms with E-state index in [2.05, 4.69) is 11.1 Å². The fourth-order valence-corrected chi connectivity index (χ4v) is 2.87. The summed E-state index contributed by atoms with van der Waals surface area (Å²) in [6.45, 7) is 0.269. The van der Waals surface area contributed by atoms with Crippen LogP contribution >= 0.6 is 0 Å². The third kappa shape index (κ3) is 3.55. The Balaban J connectivity index is 1.60. The Bertz CT molecular complexity index is 1190. The summed E-state index contributed by atoms with van der Waals surface area (Å²) in [6.07, 6.45) is 4.94. The van der Waals surface area contributed by atoms with E-state index in [4.69, 9.17) is 10.00 Å². The number of rotatable bonds is 5. The summed E-state index contributed by atoms with van der Waals surface area (Å²) in [5.74, 6) is 1.09. The van der Waals surface area contributed by atoms with E-state index < -0.39 is 0 Å². The first kappa shape index (κ1) is 17.3. The highest BCUT2D eigenvalue weighted by Crippen LogP contribution is 2.21. The van der Waals surface area contributed by atoms with Gasteiger partial charge in [0.05, 0.1) is 24.2 Å². The first-order valence-electron chi connectivity index (χ1n) is 8.67. The normalized spacial score (nSPS) is 10.4. The van der Waals surface area contributed by atoms with Gasteiger partial charge < -0.3 is 4.74 Å². The van der Waals surface area contributed by atoms with Gasteiger partial charge in [-0.25, -0.2) is 4.98 Å². The van der Waals surface area contributed by atoms with E-state index in [-0.39, 0.29) is 12.2 Å². The smallest absolute Gasteiger partial charge is 0.259 e. The largest absolute Gasteiger partial charge is 0.439 e. The van der Waals surface area contributed by atoms with Crippen LogP contribution in [0.3, 0.4) is 0 Å². The van der Waals surface area contributed by atoms with Crippen molar-refractivity contribution in [2.45, 2.75) is 6.67 Å². The third-order valence-corrected chi connectivity index (χ3v) is 4.29. The quantitative estimate of drug-likeness (QED) is 0.536. The van der Waals surface area contributed by atoms with E-state index in [9.17, 15) is 4.79 Å². The molecule has 0 saturated carbocycles. The minimum atomic E-state index is -0.0910. The number of ether oxygens (including phenoxy) is 1. The number of imidazole rings is 1. The Hall–Kier alpha value is -4.11. The summed E-state index contributed by atoms with van der Waals surface area (Å²) in [5.41, 5.74) is 1.98. The van der Waals surface area contributed by atoms with Gasteiger partial charge in [-0.2, -0.15) is 5.26 Å². The first-order chi connectivity index (χ1) is 13.7. The highest BCUT2D eigenvalue weighted by Gasteiger charge is 2.09. The molecule has 136 valence electrons. The van der Waals surface area contributed by atoms with Crippen molar-refractivity contribution < 1.29 is 4.74 Å². The molecule has 2 heterocycles. The number of pyridine rings is 1. The second-order valence-electron chi connectivity index (χ2n) is 6.14. The predicted molar refractivity (Wildman–Crippen MR) is 105 cm³/mol. The first-order valence-corrected chi connectivity index (χ1v) is 8.67. The van der Waals surface area contributed by atoms with Crippen molar-refractivity contribution in [2.24, 2.45) is 0 Å². The lowest BCUT2D eigenvalue weighted by Crippen LogP contribution is -2.24. The van der Waals surface area contributed by atoms with Crippen LogP contribution < -0.4 is 10.3 Å². The Kier molecular flexibility index (Phi) is 4.72. The summed E-state index contributed by atoms with van der Waals surface area (Å²) in [7, 11) is 0. The topological polar surface area (TPSA) is 72.8 Å². The molecule has 0 saturated heterocycles. The van der Waals surface area contributed by atoms with E-state index >= 15 is 0 Å². The average Bonchev–Trinajstić information content (AvgIpc) is 3.17. The van der Waals surface area contributed by atoms with Gasteiger partial charge in [-0.1, -0.05) is 30.3 Å². The molecule has 4 rings (SSSR count). The molecular weight excluding hydrogens is 352 g/mol. The van der Waals surface area contributed by atoms with E-state index in [0.717, 1.165) is 5.56 Å². The summed E-state index contributed by atoms with van der Waals surface area (Å²) in [6, 6.07) is 22.1. The minimum Gasteiger partial charge on any atom is -0.439 e. The Morgan fingerprint density at radius 2 is 1.75 bits per heavy atom. The Labute approximate surface area is 161 Å². The average molecular weight is 368 g/mol. The molecule has 0 aliphatic heterocycles. The lowest BCUT2D eigenvalue weighted by atomic mass is 10.1. The molecule has 4 aromatic rings. The second-order valence-corrected chi connectivity index (χ2v) is 6.14. The van der Waals surface area contributed by atoms with Crippen molar-refractivity contribution in [1.29, 1.82) is 5.26 Å². The molecule has 2 aromatic heterocycles. The molecule has 0 aliphatic rings. The van der Waals surface area contributed by atoms with E-state index in [0.29, 0.717) is 22.8 Å². The number of hydrogen-bond acceptors (Lipinski definition) is 4. The van der Waals surface area contributed by atoms with Crippen LogP contribution in [0.5, 0.6) is 11.6 Å². The fraction of sp³-hybridized carbons (Fsp3) is 0.0455. The monoisotopic (exact) mass is 368 g/mol. The maximum absolute atomic E-state index is 12.9. The van der Waals surface area contributed by atoms with Crippen LogP contribution in [0.15, 0.2) is 90.2 Å². The van der Waals surface area contributed by atoms with Gasteiger partial charge in [-0.05, 0) is 42.0 Å². The molecule has 0 fully saturated rings. The van der Waals surface area contributed by atoms with Crippen LogP contribution in [0.4, 0.5) is 0 Å². The van der Waals surface area contributed by atoms with Gasteiger partial charge in [0, 0.05) is 11.8 Å². The SMILES string of the molecule is N#Cc1ccc(Oc2cncn2Cn2cccc(-c3ccccc3)c2=O)cc1. The van der Waals surface area contributed by atoms with Gasteiger partial charge in [-0.3, -0.25) is 13.9 Å². The van der Waals surface area contributed by atoms with Crippen molar-refractivity contribution in [1.82, 2.24) is 14.1 Å². The van der Waals surface area contributed by atoms with Gasteiger partial charge in [0.1, 0.15) is 12.4 Å². The molecule has 0 N–H and O–H groups in total. The van der Waals surface area contributed by atoms with Crippen molar-refractivity contribution in [3.05, 3.63) is 101 Å². The van der Waals surface area contributed by atoms with Crippen LogP contribution in [0, 0.1) is 11.3 Å². The number of nitriles is 1. The van der Waals surface area contributed by atoms with Crippen LogP contribution in [0.1, 0.15) is 5.56 Å². The molecule has 0 spiro atoms. The van der Waals surface area contributed by atoms with Crippen molar-refractivity contribution in [3.8, 4) is 28.8 Å². The molecule has 0 atom stereocenters.